The van der Waals surface area contributed by atoms with Crippen LogP contribution in [-0.2, 0) is 11.2 Å². The standard InChI is InChI=1S/C11H10O2S/c1-7-2-3-10-9(4-7)8(6-14-10)5-11(12)13/h2-4,6H,5H2,1H3,(H,12,13). The lowest BCUT2D eigenvalue weighted by molar-refractivity contribution is -0.136. The van der Waals surface area contributed by atoms with Crippen LogP contribution in [0.3, 0.4) is 0 Å². The maximum Gasteiger partial charge on any atom is 0.307 e. The van der Waals surface area contributed by atoms with Gasteiger partial charge in [0.25, 0.3) is 0 Å². The highest BCUT2D eigenvalue weighted by atomic mass is 32.1. The molecule has 2 aromatic rings. The smallest absolute Gasteiger partial charge is 0.307 e. The van der Waals surface area contributed by atoms with E-state index in [4.69, 9.17) is 5.11 Å². The van der Waals surface area contributed by atoms with Gasteiger partial charge in [-0.3, -0.25) is 4.79 Å². The van der Waals surface area contributed by atoms with Crippen LogP contribution in [0, 0.1) is 6.92 Å². The first kappa shape index (κ1) is 9.21. The van der Waals surface area contributed by atoms with Gasteiger partial charge in [0, 0.05) is 4.70 Å². The van der Waals surface area contributed by atoms with Gasteiger partial charge in [-0.1, -0.05) is 17.7 Å². The van der Waals surface area contributed by atoms with E-state index in [1.165, 1.54) is 5.56 Å². The van der Waals surface area contributed by atoms with Crippen molar-refractivity contribution in [1.29, 1.82) is 0 Å². The van der Waals surface area contributed by atoms with Gasteiger partial charge in [0.15, 0.2) is 0 Å². The number of rotatable bonds is 2. The fourth-order valence-electron chi connectivity index (χ4n) is 1.50. The molecule has 0 aliphatic heterocycles. The van der Waals surface area contributed by atoms with E-state index in [0.717, 1.165) is 15.6 Å². The van der Waals surface area contributed by atoms with Crippen molar-refractivity contribution in [2.45, 2.75) is 13.3 Å². The van der Waals surface area contributed by atoms with Crippen LogP contribution < -0.4 is 0 Å². The second-order valence-corrected chi connectivity index (χ2v) is 4.24. The van der Waals surface area contributed by atoms with Gasteiger partial charge in [-0.05, 0) is 29.3 Å². The van der Waals surface area contributed by atoms with Crippen LogP contribution >= 0.6 is 11.3 Å². The number of hydrogen-bond acceptors (Lipinski definition) is 2. The largest absolute Gasteiger partial charge is 0.481 e. The van der Waals surface area contributed by atoms with Crippen LogP contribution in [0.4, 0.5) is 0 Å². The maximum atomic E-state index is 10.6. The summed E-state index contributed by atoms with van der Waals surface area (Å²) in [6, 6.07) is 6.13. The fourth-order valence-corrected chi connectivity index (χ4v) is 2.44. The molecule has 0 radical (unpaired) electrons. The number of aryl methyl sites for hydroxylation is 1. The molecule has 0 saturated heterocycles. The van der Waals surface area contributed by atoms with Crippen molar-refractivity contribution in [3.63, 3.8) is 0 Å². The average molecular weight is 206 g/mol. The molecule has 2 nitrogen and oxygen atoms in total. The van der Waals surface area contributed by atoms with Gasteiger partial charge in [-0.15, -0.1) is 11.3 Å². The van der Waals surface area contributed by atoms with Crippen molar-refractivity contribution in [2.24, 2.45) is 0 Å². The zero-order valence-corrected chi connectivity index (χ0v) is 8.60. The maximum absolute atomic E-state index is 10.6. The Morgan fingerprint density at radius 3 is 3.00 bits per heavy atom. The molecule has 1 aromatic heterocycles. The minimum Gasteiger partial charge on any atom is -0.481 e. The predicted octanol–water partition coefficient (Wildman–Crippen LogP) is 2.84. The summed E-state index contributed by atoms with van der Waals surface area (Å²) in [4.78, 5) is 10.6. The number of fused-ring (bicyclic) bond motifs is 1. The SMILES string of the molecule is Cc1ccc2scc(CC(=O)O)c2c1. The number of thiophene rings is 1. The Morgan fingerprint density at radius 2 is 2.29 bits per heavy atom. The molecule has 0 aliphatic carbocycles. The first-order valence-corrected chi connectivity index (χ1v) is 5.23. The Kier molecular flexibility index (Phi) is 2.25. The quantitative estimate of drug-likeness (QED) is 0.820. The molecule has 1 heterocycles. The Labute approximate surface area is 85.8 Å². The summed E-state index contributed by atoms with van der Waals surface area (Å²) in [7, 11) is 0. The molecule has 1 N–H and O–H groups in total. The number of carboxylic acids is 1. The Balaban J connectivity index is 2.55. The van der Waals surface area contributed by atoms with Crippen LogP contribution in [0.1, 0.15) is 11.1 Å². The van der Waals surface area contributed by atoms with Gasteiger partial charge in [0.2, 0.25) is 0 Å². The van der Waals surface area contributed by atoms with Crippen LogP contribution in [0.2, 0.25) is 0 Å². The van der Waals surface area contributed by atoms with Crippen molar-refractivity contribution in [3.05, 3.63) is 34.7 Å². The Bertz CT molecular complexity index is 485. The summed E-state index contributed by atoms with van der Waals surface area (Å²) in [5.41, 5.74) is 2.09. The van der Waals surface area contributed by atoms with Crippen molar-refractivity contribution in [1.82, 2.24) is 0 Å². The zero-order chi connectivity index (χ0) is 10.1. The molecule has 0 spiro atoms. The monoisotopic (exact) mass is 206 g/mol. The summed E-state index contributed by atoms with van der Waals surface area (Å²) in [6.45, 7) is 2.02. The van der Waals surface area contributed by atoms with Gasteiger partial charge >= 0.3 is 5.97 Å². The van der Waals surface area contributed by atoms with Crippen molar-refractivity contribution >= 4 is 27.4 Å². The third-order valence-electron chi connectivity index (χ3n) is 2.15. The van der Waals surface area contributed by atoms with E-state index in [1.54, 1.807) is 11.3 Å². The van der Waals surface area contributed by atoms with E-state index < -0.39 is 5.97 Å². The lowest BCUT2D eigenvalue weighted by Crippen LogP contribution is -1.98. The summed E-state index contributed by atoms with van der Waals surface area (Å²) in [5.74, 6) is -0.772. The highest BCUT2D eigenvalue weighted by molar-refractivity contribution is 7.17. The molecule has 1 aromatic carbocycles. The van der Waals surface area contributed by atoms with Crippen molar-refractivity contribution < 1.29 is 9.90 Å². The summed E-state index contributed by atoms with van der Waals surface area (Å²) in [6.07, 6.45) is 0.115. The Morgan fingerprint density at radius 1 is 1.50 bits per heavy atom. The molecular formula is C11H10O2S. The molecule has 0 atom stereocenters. The molecule has 2 rings (SSSR count). The minimum absolute atomic E-state index is 0.115. The van der Waals surface area contributed by atoms with Gasteiger partial charge in [0.05, 0.1) is 6.42 Å². The van der Waals surface area contributed by atoms with Gasteiger partial charge in [-0.25, -0.2) is 0 Å². The summed E-state index contributed by atoms with van der Waals surface area (Å²) in [5, 5.41) is 11.7. The summed E-state index contributed by atoms with van der Waals surface area (Å²) >= 11 is 1.60. The number of carboxylic acid groups (broad SMARTS) is 1. The first-order chi connectivity index (χ1) is 6.66. The Hall–Kier alpha value is -1.35. The third kappa shape index (κ3) is 1.63. The van der Waals surface area contributed by atoms with Gasteiger partial charge in [-0.2, -0.15) is 0 Å². The molecule has 0 aliphatic rings. The molecule has 14 heavy (non-hydrogen) atoms. The van der Waals surface area contributed by atoms with E-state index in [1.807, 2.05) is 30.5 Å². The minimum atomic E-state index is -0.772. The first-order valence-electron chi connectivity index (χ1n) is 4.35. The second-order valence-electron chi connectivity index (χ2n) is 3.33. The molecule has 0 bridgehead atoms. The van der Waals surface area contributed by atoms with Crippen LogP contribution in [0.5, 0.6) is 0 Å². The third-order valence-corrected chi connectivity index (χ3v) is 3.16. The van der Waals surface area contributed by atoms with E-state index >= 15 is 0 Å². The molecule has 0 fully saturated rings. The number of aliphatic carboxylic acids is 1. The van der Waals surface area contributed by atoms with E-state index in [9.17, 15) is 4.79 Å². The normalized spacial score (nSPS) is 10.6. The van der Waals surface area contributed by atoms with Gasteiger partial charge in [0.1, 0.15) is 0 Å². The molecule has 0 saturated carbocycles. The number of hydrogen-bond donors (Lipinski definition) is 1. The van der Waals surface area contributed by atoms with Crippen molar-refractivity contribution in [3.8, 4) is 0 Å². The molecule has 0 unspecified atom stereocenters. The number of carbonyl (C=O) groups is 1. The van der Waals surface area contributed by atoms with Crippen LogP contribution in [0.15, 0.2) is 23.6 Å². The van der Waals surface area contributed by atoms with E-state index in [2.05, 4.69) is 0 Å². The summed E-state index contributed by atoms with van der Waals surface area (Å²) < 4.78 is 1.16. The molecule has 72 valence electrons. The average Bonchev–Trinajstić information content (AvgIpc) is 2.47. The highest BCUT2D eigenvalue weighted by Crippen LogP contribution is 2.27. The fraction of sp³-hybridized carbons (Fsp3) is 0.182. The lowest BCUT2D eigenvalue weighted by Gasteiger charge is -1.96. The molecular weight excluding hydrogens is 196 g/mol. The second kappa shape index (κ2) is 3.42. The lowest BCUT2D eigenvalue weighted by atomic mass is 10.1. The predicted molar refractivity (Wildman–Crippen MR) is 57.9 cm³/mol. The molecule has 3 heteroatoms. The topological polar surface area (TPSA) is 37.3 Å². The van der Waals surface area contributed by atoms with E-state index in [-0.39, 0.29) is 6.42 Å². The van der Waals surface area contributed by atoms with Crippen LogP contribution in [0.25, 0.3) is 10.1 Å². The van der Waals surface area contributed by atoms with E-state index in [0.29, 0.717) is 0 Å². The van der Waals surface area contributed by atoms with Gasteiger partial charge < -0.3 is 5.11 Å². The zero-order valence-electron chi connectivity index (χ0n) is 7.78. The number of benzene rings is 1. The highest BCUT2D eigenvalue weighted by Gasteiger charge is 2.07. The molecule has 0 amide bonds. The van der Waals surface area contributed by atoms with Crippen LogP contribution in [-0.4, -0.2) is 11.1 Å². The van der Waals surface area contributed by atoms with Crippen molar-refractivity contribution in [2.75, 3.05) is 0 Å².